The van der Waals surface area contributed by atoms with E-state index in [2.05, 4.69) is 101 Å². The Morgan fingerprint density at radius 3 is 2.31 bits per heavy atom. The highest BCUT2D eigenvalue weighted by Crippen LogP contribution is 2.36. The highest BCUT2D eigenvalue weighted by Gasteiger charge is 2.25. The summed E-state index contributed by atoms with van der Waals surface area (Å²) >= 11 is 0. The number of fused-ring (bicyclic) bond motifs is 2. The van der Waals surface area contributed by atoms with Crippen molar-refractivity contribution in [1.82, 2.24) is 19.6 Å². The van der Waals surface area contributed by atoms with Crippen LogP contribution in [0.15, 0.2) is 109 Å². The van der Waals surface area contributed by atoms with Gasteiger partial charge in [0.15, 0.2) is 0 Å². The summed E-state index contributed by atoms with van der Waals surface area (Å²) in [5.41, 5.74) is 7.30. The lowest BCUT2D eigenvalue weighted by Gasteiger charge is -2.17. The maximum atomic E-state index is 13.6. The lowest BCUT2D eigenvalue weighted by molar-refractivity contribution is 0.0885. The van der Waals surface area contributed by atoms with Gasteiger partial charge in [0, 0.05) is 36.0 Å². The first-order chi connectivity index (χ1) is 17.7. The van der Waals surface area contributed by atoms with Crippen molar-refractivity contribution in [2.75, 3.05) is 0 Å². The maximum Gasteiger partial charge on any atom is 0.249 e. The summed E-state index contributed by atoms with van der Waals surface area (Å²) < 4.78 is 3.73. The van der Waals surface area contributed by atoms with E-state index in [1.165, 1.54) is 15.8 Å². The van der Waals surface area contributed by atoms with Crippen molar-refractivity contribution in [2.45, 2.75) is 25.8 Å². The second-order valence-electron chi connectivity index (χ2n) is 9.27. The van der Waals surface area contributed by atoms with E-state index in [9.17, 15) is 4.79 Å². The Balaban J connectivity index is 1.45. The van der Waals surface area contributed by atoms with Crippen LogP contribution in [-0.4, -0.2) is 25.5 Å². The van der Waals surface area contributed by atoms with E-state index in [-0.39, 0.29) is 18.2 Å². The number of aromatic nitrogens is 4. The fourth-order valence-corrected chi connectivity index (χ4v) is 4.98. The van der Waals surface area contributed by atoms with Crippen molar-refractivity contribution >= 4 is 27.8 Å². The molecule has 0 aliphatic heterocycles. The number of nitrogens with zero attached hydrogens (tertiary/aromatic N) is 4. The van der Waals surface area contributed by atoms with Gasteiger partial charge in [-0.15, -0.1) is 5.10 Å². The highest BCUT2D eigenvalue weighted by atomic mass is 16.2. The Morgan fingerprint density at radius 1 is 0.806 bits per heavy atom. The predicted octanol–water partition coefficient (Wildman–Crippen LogP) is 6.61. The molecule has 0 radical (unpaired) electrons. The minimum absolute atomic E-state index is 0.0748. The molecule has 6 rings (SSSR count). The lowest BCUT2D eigenvalue weighted by Crippen LogP contribution is -2.17. The molecule has 0 fully saturated rings. The number of carbonyl (C=O) groups excluding carboxylic acids is 1. The number of hydrogen-bond acceptors (Lipinski definition) is 3. The SMILES string of the molecule is Cc1ccc(C(CC(=O)n2nnc3ccccc32)c2cn(Cc3ccccc3)c3ccccc23)cc1. The number of para-hydroxylation sites is 2. The van der Waals surface area contributed by atoms with Crippen molar-refractivity contribution in [3.05, 3.63) is 132 Å². The Hall–Kier alpha value is -4.51. The number of benzene rings is 4. The molecule has 5 heteroatoms. The van der Waals surface area contributed by atoms with Crippen molar-refractivity contribution in [3.63, 3.8) is 0 Å². The van der Waals surface area contributed by atoms with Crippen molar-refractivity contribution in [2.24, 2.45) is 0 Å². The van der Waals surface area contributed by atoms with E-state index in [0.29, 0.717) is 0 Å². The van der Waals surface area contributed by atoms with E-state index < -0.39 is 0 Å². The molecule has 0 N–H and O–H groups in total. The highest BCUT2D eigenvalue weighted by molar-refractivity contribution is 5.91. The van der Waals surface area contributed by atoms with E-state index in [1.807, 2.05) is 30.3 Å². The molecule has 176 valence electrons. The largest absolute Gasteiger partial charge is 0.343 e. The summed E-state index contributed by atoms with van der Waals surface area (Å²) in [7, 11) is 0. The molecule has 2 heterocycles. The second-order valence-corrected chi connectivity index (χ2v) is 9.27. The molecular weight excluding hydrogens is 444 g/mol. The van der Waals surface area contributed by atoms with Gasteiger partial charge in [-0.2, -0.15) is 4.68 Å². The monoisotopic (exact) mass is 470 g/mol. The molecule has 0 saturated carbocycles. The normalized spacial score (nSPS) is 12.2. The van der Waals surface area contributed by atoms with Crippen LogP contribution in [0.2, 0.25) is 0 Å². The molecule has 0 aliphatic carbocycles. The molecule has 5 nitrogen and oxygen atoms in total. The minimum atomic E-state index is -0.122. The zero-order valence-corrected chi connectivity index (χ0v) is 20.1. The molecule has 36 heavy (non-hydrogen) atoms. The lowest BCUT2D eigenvalue weighted by atomic mass is 9.87. The Kier molecular flexibility index (Phi) is 5.66. The topological polar surface area (TPSA) is 52.7 Å². The summed E-state index contributed by atoms with van der Waals surface area (Å²) in [6.07, 6.45) is 2.50. The van der Waals surface area contributed by atoms with Crippen LogP contribution in [0.1, 0.15) is 39.4 Å². The molecular formula is C31H26N4O. The van der Waals surface area contributed by atoms with Gasteiger partial charge in [-0.05, 0) is 41.8 Å². The summed E-state index contributed by atoms with van der Waals surface area (Å²) in [4.78, 5) is 13.6. The van der Waals surface area contributed by atoms with Crippen molar-refractivity contribution in [1.29, 1.82) is 0 Å². The fraction of sp³-hybridized carbons (Fsp3) is 0.129. The average Bonchev–Trinajstić information content (AvgIpc) is 3.51. The van der Waals surface area contributed by atoms with E-state index >= 15 is 0 Å². The smallest absolute Gasteiger partial charge is 0.249 e. The molecule has 0 amide bonds. The van der Waals surface area contributed by atoms with Crippen LogP contribution < -0.4 is 0 Å². The molecule has 6 aromatic rings. The summed E-state index contributed by atoms with van der Waals surface area (Å²) in [6, 6.07) is 35.0. The third-order valence-electron chi connectivity index (χ3n) is 6.84. The van der Waals surface area contributed by atoms with Gasteiger partial charge in [-0.3, -0.25) is 4.79 Å². The van der Waals surface area contributed by atoms with Crippen LogP contribution >= 0.6 is 0 Å². The molecule has 0 bridgehead atoms. The zero-order valence-electron chi connectivity index (χ0n) is 20.1. The van der Waals surface area contributed by atoms with E-state index in [1.54, 1.807) is 0 Å². The van der Waals surface area contributed by atoms with Crippen LogP contribution in [0.4, 0.5) is 0 Å². The zero-order chi connectivity index (χ0) is 24.5. The minimum Gasteiger partial charge on any atom is -0.343 e. The number of rotatable bonds is 6. The molecule has 4 aromatic carbocycles. The van der Waals surface area contributed by atoms with Crippen LogP contribution in [0.5, 0.6) is 0 Å². The fourth-order valence-electron chi connectivity index (χ4n) is 4.98. The van der Waals surface area contributed by atoms with Crippen LogP contribution in [0.25, 0.3) is 21.9 Å². The number of carbonyl (C=O) groups is 1. The Labute approximate surface area is 209 Å². The molecule has 1 atom stereocenters. The van der Waals surface area contributed by atoms with Gasteiger partial charge in [0.05, 0.1) is 5.52 Å². The van der Waals surface area contributed by atoms with Gasteiger partial charge in [-0.1, -0.05) is 95.7 Å². The molecule has 0 saturated heterocycles. The summed E-state index contributed by atoms with van der Waals surface area (Å²) in [5.74, 6) is -0.197. The van der Waals surface area contributed by atoms with Crippen molar-refractivity contribution < 1.29 is 4.79 Å². The van der Waals surface area contributed by atoms with Gasteiger partial charge in [0.25, 0.3) is 0 Å². The van der Waals surface area contributed by atoms with Crippen LogP contribution in [0.3, 0.4) is 0 Å². The number of hydrogen-bond donors (Lipinski definition) is 0. The first-order valence-corrected chi connectivity index (χ1v) is 12.2. The van der Waals surface area contributed by atoms with E-state index in [0.717, 1.165) is 39.6 Å². The average molecular weight is 471 g/mol. The van der Waals surface area contributed by atoms with Gasteiger partial charge in [-0.25, -0.2) is 0 Å². The Bertz CT molecular complexity index is 1660. The second kappa shape index (κ2) is 9.27. The van der Waals surface area contributed by atoms with Gasteiger partial charge in [0.1, 0.15) is 5.52 Å². The summed E-state index contributed by atoms with van der Waals surface area (Å²) in [6.45, 7) is 2.85. The predicted molar refractivity (Wildman–Crippen MR) is 143 cm³/mol. The first-order valence-electron chi connectivity index (χ1n) is 12.2. The molecule has 2 aromatic heterocycles. The standard InChI is InChI=1S/C31H26N4O/c1-22-15-17-24(18-16-22)26(19-31(36)35-30-14-8-6-12-28(30)32-33-35)27-21-34(20-23-9-3-2-4-10-23)29-13-7-5-11-25(27)29/h2-18,21,26H,19-20H2,1H3. The third-order valence-corrected chi connectivity index (χ3v) is 6.84. The van der Waals surface area contributed by atoms with Crippen LogP contribution in [-0.2, 0) is 6.54 Å². The number of aryl methyl sites for hydroxylation is 1. The molecule has 1 unspecified atom stereocenters. The Morgan fingerprint density at radius 2 is 1.50 bits per heavy atom. The summed E-state index contributed by atoms with van der Waals surface area (Å²) in [5, 5.41) is 9.54. The van der Waals surface area contributed by atoms with Gasteiger partial charge >= 0.3 is 0 Å². The first kappa shape index (κ1) is 22.0. The van der Waals surface area contributed by atoms with Crippen LogP contribution in [0, 0.1) is 6.92 Å². The molecule has 0 aliphatic rings. The van der Waals surface area contributed by atoms with Gasteiger partial charge in [0.2, 0.25) is 5.91 Å². The van der Waals surface area contributed by atoms with Gasteiger partial charge < -0.3 is 4.57 Å². The molecule has 0 spiro atoms. The quantitative estimate of drug-likeness (QED) is 0.275. The van der Waals surface area contributed by atoms with Crippen molar-refractivity contribution in [3.8, 4) is 0 Å². The van der Waals surface area contributed by atoms with E-state index in [4.69, 9.17) is 0 Å². The maximum absolute atomic E-state index is 13.6. The third kappa shape index (κ3) is 4.09.